The molecule has 1 aliphatic heterocycles. The van der Waals surface area contributed by atoms with Gasteiger partial charge in [-0.25, -0.2) is 0 Å². The zero-order chi connectivity index (χ0) is 14.5. The lowest BCUT2D eigenvalue weighted by Gasteiger charge is -2.24. The molecule has 1 aliphatic rings. The molecular weight excluding hydrogens is 314 g/mol. The van der Waals surface area contributed by atoms with Gasteiger partial charge in [0.2, 0.25) is 0 Å². The average molecular weight is 336 g/mol. The molecule has 0 amide bonds. The summed E-state index contributed by atoms with van der Waals surface area (Å²) in [4.78, 5) is 2.54. The Bertz CT molecular complexity index is 493. The van der Waals surface area contributed by atoms with E-state index in [0.29, 0.717) is 17.6 Å². The molecule has 1 unspecified atom stereocenters. The van der Waals surface area contributed by atoms with Gasteiger partial charge in [-0.15, -0.1) is 0 Å². The Balaban J connectivity index is 2.02. The van der Waals surface area contributed by atoms with Gasteiger partial charge in [0.25, 0.3) is 0 Å². The number of nitriles is 1. The van der Waals surface area contributed by atoms with E-state index in [9.17, 15) is 5.26 Å². The molecule has 1 atom stereocenters. The number of hydrogen-bond acceptors (Lipinski definition) is 3. The van der Waals surface area contributed by atoms with E-state index in [1.165, 1.54) is 19.4 Å². The molecule has 0 aliphatic carbocycles. The third-order valence-corrected chi connectivity index (χ3v) is 4.45. The summed E-state index contributed by atoms with van der Waals surface area (Å²) in [6.07, 6.45) is 3.53. The van der Waals surface area contributed by atoms with Gasteiger partial charge in [0, 0.05) is 23.1 Å². The number of halogens is 1. The van der Waals surface area contributed by atoms with Gasteiger partial charge in [-0.1, -0.05) is 15.9 Å². The molecule has 0 aromatic heterocycles. The summed E-state index contributed by atoms with van der Waals surface area (Å²) in [7, 11) is 0. The zero-order valence-electron chi connectivity index (χ0n) is 12.2. The molecule has 20 heavy (non-hydrogen) atoms. The molecule has 2 rings (SSSR count). The SMILES string of the molecule is CC(C)N1CCCC(Nc2ccc(Br)cc2C#N)CC1. The summed E-state index contributed by atoms with van der Waals surface area (Å²) in [6, 6.07) is 9.21. The van der Waals surface area contributed by atoms with Crippen LogP contribution in [-0.4, -0.2) is 30.1 Å². The van der Waals surface area contributed by atoms with E-state index >= 15 is 0 Å². The summed E-state index contributed by atoms with van der Waals surface area (Å²) < 4.78 is 0.950. The van der Waals surface area contributed by atoms with E-state index in [1.807, 2.05) is 18.2 Å². The van der Waals surface area contributed by atoms with Crippen molar-refractivity contribution in [3.63, 3.8) is 0 Å². The molecule has 0 spiro atoms. The van der Waals surface area contributed by atoms with Crippen molar-refractivity contribution in [2.75, 3.05) is 18.4 Å². The molecule has 1 N–H and O–H groups in total. The van der Waals surface area contributed by atoms with Crippen LogP contribution < -0.4 is 5.32 Å². The van der Waals surface area contributed by atoms with Crippen LogP contribution in [0.4, 0.5) is 5.69 Å². The molecule has 1 aromatic carbocycles. The molecule has 108 valence electrons. The fraction of sp³-hybridized carbons (Fsp3) is 0.562. The highest BCUT2D eigenvalue weighted by Crippen LogP contribution is 2.23. The first kappa shape index (κ1) is 15.3. The van der Waals surface area contributed by atoms with Crippen LogP contribution in [0.25, 0.3) is 0 Å². The molecule has 0 saturated carbocycles. The van der Waals surface area contributed by atoms with Crippen LogP contribution in [0, 0.1) is 11.3 Å². The predicted molar refractivity (Wildman–Crippen MR) is 86.8 cm³/mol. The largest absolute Gasteiger partial charge is 0.381 e. The first-order valence-electron chi connectivity index (χ1n) is 7.30. The highest BCUT2D eigenvalue weighted by molar-refractivity contribution is 9.10. The lowest BCUT2D eigenvalue weighted by atomic mass is 10.1. The summed E-state index contributed by atoms with van der Waals surface area (Å²) in [5, 5.41) is 12.8. The van der Waals surface area contributed by atoms with Gasteiger partial charge in [-0.2, -0.15) is 5.26 Å². The Kier molecular flexibility index (Phi) is 5.45. The molecule has 1 fully saturated rings. The van der Waals surface area contributed by atoms with Gasteiger partial charge >= 0.3 is 0 Å². The second-order valence-electron chi connectivity index (χ2n) is 5.70. The summed E-state index contributed by atoms with van der Waals surface area (Å²) in [6.45, 7) is 6.83. The normalized spacial score (nSPS) is 20.4. The molecule has 1 saturated heterocycles. The zero-order valence-corrected chi connectivity index (χ0v) is 13.8. The van der Waals surface area contributed by atoms with Crippen molar-refractivity contribution in [1.82, 2.24) is 4.90 Å². The molecule has 0 bridgehead atoms. The second-order valence-corrected chi connectivity index (χ2v) is 6.62. The maximum Gasteiger partial charge on any atom is 0.101 e. The predicted octanol–water partition coefficient (Wildman–Crippen LogP) is 4.00. The van der Waals surface area contributed by atoms with Gasteiger partial charge in [-0.05, 0) is 57.9 Å². The Labute approximate surface area is 130 Å². The quantitative estimate of drug-likeness (QED) is 0.907. The van der Waals surface area contributed by atoms with E-state index < -0.39 is 0 Å². The Morgan fingerprint density at radius 1 is 1.35 bits per heavy atom. The van der Waals surface area contributed by atoms with Gasteiger partial charge in [0.1, 0.15) is 6.07 Å². The Morgan fingerprint density at radius 2 is 2.15 bits per heavy atom. The fourth-order valence-electron chi connectivity index (χ4n) is 2.73. The van der Waals surface area contributed by atoms with Crippen molar-refractivity contribution < 1.29 is 0 Å². The van der Waals surface area contributed by atoms with Gasteiger partial charge in [-0.3, -0.25) is 0 Å². The topological polar surface area (TPSA) is 39.1 Å². The number of likely N-dealkylation sites (tertiary alicyclic amines) is 1. The van der Waals surface area contributed by atoms with Crippen LogP contribution in [0.2, 0.25) is 0 Å². The van der Waals surface area contributed by atoms with Gasteiger partial charge in [0.15, 0.2) is 0 Å². The highest BCUT2D eigenvalue weighted by atomic mass is 79.9. The van der Waals surface area contributed by atoms with E-state index in [4.69, 9.17) is 0 Å². The number of nitrogens with zero attached hydrogens (tertiary/aromatic N) is 2. The Morgan fingerprint density at radius 3 is 2.85 bits per heavy atom. The molecule has 4 heteroatoms. The van der Waals surface area contributed by atoms with E-state index in [0.717, 1.165) is 23.1 Å². The first-order valence-corrected chi connectivity index (χ1v) is 8.09. The van der Waals surface area contributed by atoms with Crippen molar-refractivity contribution in [1.29, 1.82) is 5.26 Å². The van der Waals surface area contributed by atoms with Gasteiger partial charge < -0.3 is 10.2 Å². The summed E-state index contributed by atoms with van der Waals surface area (Å²) >= 11 is 3.41. The maximum absolute atomic E-state index is 9.22. The number of anilines is 1. The van der Waals surface area contributed by atoms with Crippen LogP contribution in [-0.2, 0) is 0 Å². The number of benzene rings is 1. The molecular formula is C16H22BrN3. The van der Waals surface area contributed by atoms with E-state index in [-0.39, 0.29) is 0 Å². The molecule has 0 radical (unpaired) electrons. The minimum absolute atomic E-state index is 0.465. The van der Waals surface area contributed by atoms with Crippen LogP contribution in [0.15, 0.2) is 22.7 Å². The van der Waals surface area contributed by atoms with Crippen LogP contribution in [0.3, 0.4) is 0 Å². The maximum atomic E-state index is 9.22. The minimum atomic E-state index is 0.465. The number of rotatable bonds is 3. The smallest absolute Gasteiger partial charge is 0.101 e. The van der Waals surface area contributed by atoms with Gasteiger partial charge in [0.05, 0.1) is 11.3 Å². The standard InChI is InChI=1S/C16H22BrN3/c1-12(2)20-8-3-4-15(7-9-20)19-16-6-5-14(17)10-13(16)11-18/h5-6,10,12,15,19H,3-4,7-9H2,1-2H3. The summed E-state index contributed by atoms with van der Waals surface area (Å²) in [5.74, 6) is 0. The lowest BCUT2D eigenvalue weighted by molar-refractivity contribution is 0.230. The third kappa shape index (κ3) is 3.97. The van der Waals surface area contributed by atoms with E-state index in [1.54, 1.807) is 0 Å². The average Bonchev–Trinajstić information content (AvgIpc) is 2.66. The number of hydrogen-bond donors (Lipinski definition) is 1. The van der Waals surface area contributed by atoms with Crippen molar-refractivity contribution in [3.8, 4) is 6.07 Å². The van der Waals surface area contributed by atoms with Crippen LogP contribution >= 0.6 is 15.9 Å². The lowest BCUT2D eigenvalue weighted by Crippen LogP contribution is -2.32. The van der Waals surface area contributed by atoms with Crippen LogP contribution in [0.5, 0.6) is 0 Å². The van der Waals surface area contributed by atoms with Crippen molar-refractivity contribution >= 4 is 21.6 Å². The Hall–Kier alpha value is -1.05. The van der Waals surface area contributed by atoms with Crippen molar-refractivity contribution in [2.24, 2.45) is 0 Å². The second kappa shape index (κ2) is 7.10. The fourth-order valence-corrected chi connectivity index (χ4v) is 3.10. The molecule has 1 aromatic rings. The third-order valence-electron chi connectivity index (χ3n) is 3.95. The van der Waals surface area contributed by atoms with Crippen LogP contribution in [0.1, 0.15) is 38.7 Å². The molecule has 1 heterocycles. The van der Waals surface area contributed by atoms with Crippen molar-refractivity contribution in [2.45, 2.75) is 45.2 Å². The monoisotopic (exact) mass is 335 g/mol. The summed E-state index contributed by atoms with van der Waals surface area (Å²) in [5.41, 5.74) is 1.67. The number of nitrogens with one attached hydrogen (secondary N) is 1. The highest BCUT2D eigenvalue weighted by Gasteiger charge is 2.19. The van der Waals surface area contributed by atoms with Crippen molar-refractivity contribution in [3.05, 3.63) is 28.2 Å². The van der Waals surface area contributed by atoms with E-state index in [2.05, 4.69) is 46.1 Å². The first-order chi connectivity index (χ1) is 9.60. The molecule has 3 nitrogen and oxygen atoms in total. The minimum Gasteiger partial charge on any atom is -0.381 e.